The molecule has 0 spiro atoms. The number of aromatic nitrogens is 2. The Kier molecular flexibility index (Phi) is 5.89. The molecule has 3 rings (SSSR count). The van der Waals surface area contributed by atoms with Gasteiger partial charge in [0, 0.05) is 35.7 Å². The molecule has 1 aliphatic heterocycles. The van der Waals surface area contributed by atoms with Gasteiger partial charge >= 0.3 is 0 Å². The molecule has 0 unspecified atom stereocenters. The molecule has 1 fully saturated rings. The van der Waals surface area contributed by atoms with Crippen molar-refractivity contribution in [2.75, 3.05) is 29.9 Å². The molecule has 2 N–H and O–H groups in total. The van der Waals surface area contributed by atoms with Gasteiger partial charge in [-0.25, -0.2) is 4.98 Å². The Hall–Kier alpha value is -1.27. The minimum absolute atomic E-state index is 0.0783. The molecule has 1 aromatic heterocycles. The highest BCUT2D eigenvalue weighted by molar-refractivity contribution is 6.35. The van der Waals surface area contributed by atoms with E-state index in [4.69, 9.17) is 34.8 Å². The molecule has 1 saturated heterocycles. The smallest absolute Gasteiger partial charge is 0.227 e. The highest BCUT2D eigenvalue weighted by Gasteiger charge is 2.22. The third kappa shape index (κ3) is 4.29. The third-order valence-corrected chi connectivity index (χ3v) is 5.11. The minimum Gasteiger partial charge on any atom is -0.362 e. The second-order valence-corrected chi connectivity index (χ2v) is 7.40. The van der Waals surface area contributed by atoms with Crippen molar-refractivity contribution in [1.82, 2.24) is 15.3 Å². The van der Waals surface area contributed by atoms with E-state index in [1.807, 2.05) is 19.1 Å². The number of anilines is 2. The lowest BCUT2D eigenvalue weighted by atomic mass is 10.1. The SMILES string of the molecule is C[C@@H](Nc1nc(N2CCNC[C@@H]2C)ncc1Cl)c1ccc(Cl)cc1Cl. The summed E-state index contributed by atoms with van der Waals surface area (Å²) in [6.07, 6.45) is 1.64. The highest BCUT2D eigenvalue weighted by Crippen LogP contribution is 2.30. The van der Waals surface area contributed by atoms with E-state index in [2.05, 4.69) is 32.4 Å². The zero-order chi connectivity index (χ0) is 18.0. The summed E-state index contributed by atoms with van der Waals surface area (Å²) < 4.78 is 0. The van der Waals surface area contributed by atoms with Crippen LogP contribution in [0.5, 0.6) is 0 Å². The Morgan fingerprint density at radius 3 is 2.80 bits per heavy atom. The summed E-state index contributed by atoms with van der Waals surface area (Å²) in [5, 5.41) is 8.38. The molecule has 2 atom stereocenters. The fraction of sp³-hybridized carbons (Fsp3) is 0.412. The maximum absolute atomic E-state index is 6.30. The molecule has 0 saturated carbocycles. The van der Waals surface area contributed by atoms with Gasteiger partial charge in [0.25, 0.3) is 0 Å². The topological polar surface area (TPSA) is 53.1 Å². The van der Waals surface area contributed by atoms with E-state index < -0.39 is 0 Å². The maximum atomic E-state index is 6.30. The Labute approximate surface area is 162 Å². The molecule has 8 heteroatoms. The summed E-state index contributed by atoms with van der Waals surface area (Å²) in [6.45, 7) is 6.83. The van der Waals surface area contributed by atoms with E-state index in [-0.39, 0.29) is 6.04 Å². The highest BCUT2D eigenvalue weighted by atomic mass is 35.5. The third-order valence-electron chi connectivity index (χ3n) is 4.27. The zero-order valence-corrected chi connectivity index (χ0v) is 16.3. The van der Waals surface area contributed by atoms with E-state index in [1.54, 1.807) is 12.3 Å². The lowest BCUT2D eigenvalue weighted by molar-refractivity contribution is 0.493. The summed E-state index contributed by atoms with van der Waals surface area (Å²) in [6, 6.07) is 5.69. The molecule has 2 heterocycles. The predicted octanol–water partition coefficient (Wildman–Crippen LogP) is 4.41. The Bertz CT molecular complexity index is 755. The van der Waals surface area contributed by atoms with Crippen LogP contribution in [-0.2, 0) is 0 Å². The van der Waals surface area contributed by atoms with Crippen LogP contribution in [-0.4, -0.2) is 35.6 Å². The number of hydrogen-bond acceptors (Lipinski definition) is 5. The Balaban J connectivity index is 1.83. The second kappa shape index (κ2) is 7.96. The summed E-state index contributed by atoms with van der Waals surface area (Å²) >= 11 is 18.6. The van der Waals surface area contributed by atoms with Gasteiger partial charge in [-0.15, -0.1) is 0 Å². The standard InChI is InChI=1S/C17H20Cl3N5/c1-10-8-21-5-6-25(10)17-22-9-15(20)16(24-17)23-11(2)13-4-3-12(18)7-14(13)19/h3-4,7,9-11,21H,5-6,8H2,1-2H3,(H,22,23,24)/t10-,11+/m0/s1. The minimum atomic E-state index is -0.0783. The van der Waals surface area contributed by atoms with Crippen molar-refractivity contribution in [3.63, 3.8) is 0 Å². The summed E-state index contributed by atoms with van der Waals surface area (Å²) in [5.41, 5.74) is 0.929. The second-order valence-electron chi connectivity index (χ2n) is 6.14. The van der Waals surface area contributed by atoms with Gasteiger partial charge in [0.2, 0.25) is 5.95 Å². The molecule has 0 radical (unpaired) electrons. The molecule has 0 aliphatic carbocycles. The van der Waals surface area contributed by atoms with Gasteiger partial charge in [-0.1, -0.05) is 40.9 Å². The predicted molar refractivity (Wildman–Crippen MR) is 105 cm³/mol. The number of nitrogens with one attached hydrogen (secondary N) is 2. The summed E-state index contributed by atoms with van der Waals surface area (Å²) in [7, 11) is 0. The first-order valence-corrected chi connectivity index (χ1v) is 9.30. The van der Waals surface area contributed by atoms with Crippen LogP contribution in [0, 0.1) is 0 Å². The van der Waals surface area contributed by atoms with E-state index in [0.29, 0.717) is 32.9 Å². The van der Waals surface area contributed by atoms with Gasteiger partial charge in [0.15, 0.2) is 5.82 Å². The molecule has 2 aromatic rings. The van der Waals surface area contributed by atoms with Gasteiger partial charge in [-0.3, -0.25) is 0 Å². The molecule has 134 valence electrons. The lowest BCUT2D eigenvalue weighted by Gasteiger charge is -2.34. The fourth-order valence-corrected chi connectivity index (χ4v) is 3.59. The molecule has 0 amide bonds. The number of halogens is 3. The first-order valence-electron chi connectivity index (χ1n) is 8.17. The molecule has 1 aromatic carbocycles. The average Bonchev–Trinajstić information content (AvgIpc) is 2.57. The van der Waals surface area contributed by atoms with Gasteiger partial charge < -0.3 is 15.5 Å². The van der Waals surface area contributed by atoms with Crippen LogP contribution in [0.4, 0.5) is 11.8 Å². The van der Waals surface area contributed by atoms with E-state index >= 15 is 0 Å². The van der Waals surface area contributed by atoms with Crippen LogP contribution in [0.15, 0.2) is 24.4 Å². The van der Waals surface area contributed by atoms with E-state index in [1.165, 1.54) is 0 Å². The number of piperazine rings is 1. The molecular weight excluding hydrogens is 381 g/mol. The van der Waals surface area contributed by atoms with E-state index in [0.717, 1.165) is 25.2 Å². The van der Waals surface area contributed by atoms with Crippen molar-refractivity contribution < 1.29 is 0 Å². The van der Waals surface area contributed by atoms with Crippen LogP contribution in [0.3, 0.4) is 0 Å². The Morgan fingerprint density at radius 1 is 1.28 bits per heavy atom. The van der Waals surface area contributed by atoms with E-state index in [9.17, 15) is 0 Å². The monoisotopic (exact) mass is 399 g/mol. The first-order chi connectivity index (χ1) is 12.0. The summed E-state index contributed by atoms with van der Waals surface area (Å²) in [4.78, 5) is 11.2. The molecular formula is C17H20Cl3N5. The van der Waals surface area contributed by atoms with Crippen molar-refractivity contribution >= 4 is 46.6 Å². The van der Waals surface area contributed by atoms with Gasteiger partial charge in [-0.05, 0) is 31.5 Å². The van der Waals surface area contributed by atoms with Crippen molar-refractivity contribution in [2.45, 2.75) is 25.9 Å². The van der Waals surface area contributed by atoms with Crippen molar-refractivity contribution in [1.29, 1.82) is 0 Å². The first kappa shape index (κ1) is 18.5. The Morgan fingerprint density at radius 2 is 2.08 bits per heavy atom. The van der Waals surface area contributed by atoms with Crippen molar-refractivity contribution in [3.8, 4) is 0 Å². The van der Waals surface area contributed by atoms with Crippen LogP contribution in [0.25, 0.3) is 0 Å². The van der Waals surface area contributed by atoms with Crippen LogP contribution in [0.2, 0.25) is 15.1 Å². The van der Waals surface area contributed by atoms with Crippen molar-refractivity contribution in [2.24, 2.45) is 0 Å². The van der Waals surface area contributed by atoms with Gasteiger partial charge in [0.1, 0.15) is 5.02 Å². The van der Waals surface area contributed by atoms with Crippen LogP contribution < -0.4 is 15.5 Å². The number of hydrogen-bond donors (Lipinski definition) is 2. The maximum Gasteiger partial charge on any atom is 0.227 e. The summed E-state index contributed by atoms with van der Waals surface area (Å²) in [5.74, 6) is 1.27. The van der Waals surface area contributed by atoms with Crippen LogP contribution >= 0.6 is 34.8 Å². The van der Waals surface area contributed by atoms with Gasteiger partial charge in [0.05, 0.1) is 12.2 Å². The molecule has 5 nitrogen and oxygen atoms in total. The average molecular weight is 401 g/mol. The largest absolute Gasteiger partial charge is 0.362 e. The fourth-order valence-electron chi connectivity index (χ4n) is 2.87. The number of rotatable bonds is 4. The van der Waals surface area contributed by atoms with Gasteiger partial charge in [-0.2, -0.15) is 4.98 Å². The van der Waals surface area contributed by atoms with Crippen LogP contribution in [0.1, 0.15) is 25.5 Å². The molecule has 0 bridgehead atoms. The number of nitrogens with zero attached hydrogens (tertiary/aromatic N) is 3. The lowest BCUT2D eigenvalue weighted by Crippen LogP contribution is -2.50. The van der Waals surface area contributed by atoms with Crippen molar-refractivity contribution in [3.05, 3.63) is 45.0 Å². The molecule has 1 aliphatic rings. The normalized spacial score (nSPS) is 18.9. The quantitative estimate of drug-likeness (QED) is 0.796. The molecule has 25 heavy (non-hydrogen) atoms. The number of benzene rings is 1. The zero-order valence-electron chi connectivity index (χ0n) is 14.1.